The molecule has 2 rings (SSSR count). The topological polar surface area (TPSA) is 25.8 Å². The van der Waals surface area contributed by atoms with E-state index in [1.165, 1.54) is 4.88 Å². The smallest absolute Gasteiger partial charge is 0.123 e. The zero-order chi connectivity index (χ0) is 9.10. The maximum atomic E-state index is 4.30. The molecule has 0 atom stereocenters. The van der Waals surface area contributed by atoms with Crippen molar-refractivity contribution in [3.05, 3.63) is 35.6 Å². The third-order valence-electron chi connectivity index (χ3n) is 1.64. The lowest BCUT2D eigenvalue weighted by Gasteiger charge is -1.92. The SMILES string of the molecule is SCc1cnc(-c2ccncc2)s1. The van der Waals surface area contributed by atoms with E-state index < -0.39 is 0 Å². The highest BCUT2D eigenvalue weighted by molar-refractivity contribution is 7.79. The van der Waals surface area contributed by atoms with Crippen molar-refractivity contribution in [2.75, 3.05) is 0 Å². The fourth-order valence-electron chi connectivity index (χ4n) is 1.01. The van der Waals surface area contributed by atoms with Gasteiger partial charge in [-0.1, -0.05) is 0 Å². The number of hydrogen-bond acceptors (Lipinski definition) is 4. The lowest BCUT2D eigenvalue weighted by molar-refractivity contribution is 1.31. The number of aromatic nitrogens is 2. The van der Waals surface area contributed by atoms with E-state index in [1.54, 1.807) is 23.7 Å². The third kappa shape index (κ3) is 1.89. The Morgan fingerprint density at radius 3 is 2.69 bits per heavy atom. The molecule has 2 nitrogen and oxygen atoms in total. The van der Waals surface area contributed by atoms with Crippen LogP contribution < -0.4 is 0 Å². The van der Waals surface area contributed by atoms with Gasteiger partial charge in [-0.2, -0.15) is 12.6 Å². The summed E-state index contributed by atoms with van der Waals surface area (Å²) >= 11 is 5.86. The number of hydrogen-bond donors (Lipinski definition) is 1. The molecule has 66 valence electrons. The van der Waals surface area contributed by atoms with Crippen LogP contribution in [0.1, 0.15) is 4.88 Å². The number of thiazole rings is 1. The Labute approximate surface area is 86.1 Å². The minimum atomic E-state index is 0.753. The lowest BCUT2D eigenvalue weighted by Crippen LogP contribution is -1.74. The average Bonchev–Trinajstić information content (AvgIpc) is 2.67. The Bertz CT molecular complexity index is 384. The molecule has 0 aliphatic rings. The summed E-state index contributed by atoms with van der Waals surface area (Å²) in [6.07, 6.45) is 5.42. The van der Waals surface area contributed by atoms with Crippen molar-refractivity contribution in [2.24, 2.45) is 0 Å². The van der Waals surface area contributed by atoms with Gasteiger partial charge in [0.1, 0.15) is 5.01 Å². The van der Waals surface area contributed by atoms with Crippen LogP contribution in [0.25, 0.3) is 10.6 Å². The molecule has 2 aromatic heterocycles. The van der Waals surface area contributed by atoms with E-state index in [2.05, 4.69) is 22.6 Å². The highest BCUT2D eigenvalue weighted by Gasteiger charge is 2.02. The fraction of sp³-hybridized carbons (Fsp3) is 0.111. The Kier molecular flexibility index (Phi) is 2.61. The van der Waals surface area contributed by atoms with Gasteiger partial charge in [0.05, 0.1) is 0 Å². The monoisotopic (exact) mass is 208 g/mol. The normalized spacial score (nSPS) is 10.2. The van der Waals surface area contributed by atoms with Gasteiger partial charge in [-0.25, -0.2) is 4.98 Å². The standard InChI is InChI=1S/C9H8N2S2/c12-6-8-5-11-9(13-8)7-1-3-10-4-2-7/h1-5,12H,6H2. The van der Waals surface area contributed by atoms with Crippen molar-refractivity contribution < 1.29 is 0 Å². The van der Waals surface area contributed by atoms with Gasteiger partial charge in [0.25, 0.3) is 0 Å². The summed E-state index contributed by atoms with van der Waals surface area (Å²) in [6, 6.07) is 3.92. The molecule has 0 saturated carbocycles. The summed E-state index contributed by atoms with van der Waals surface area (Å²) in [6.45, 7) is 0. The van der Waals surface area contributed by atoms with E-state index in [0.717, 1.165) is 16.3 Å². The maximum Gasteiger partial charge on any atom is 0.123 e. The summed E-state index contributed by atoms with van der Waals surface area (Å²) in [4.78, 5) is 9.45. The van der Waals surface area contributed by atoms with Crippen LogP contribution >= 0.6 is 24.0 Å². The molecule has 0 fully saturated rings. The lowest BCUT2D eigenvalue weighted by atomic mass is 10.3. The quantitative estimate of drug-likeness (QED) is 0.768. The molecule has 13 heavy (non-hydrogen) atoms. The molecule has 0 radical (unpaired) electrons. The number of pyridine rings is 1. The molecule has 4 heteroatoms. The van der Waals surface area contributed by atoms with Crippen LogP contribution in [0.4, 0.5) is 0 Å². The van der Waals surface area contributed by atoms with Crippen LogP contribution in [0.15, 0.2) is 30.7 Å². The molecule has 2 heterocycles. The molecule has 0 N–H and O–H groups in total. The van der Waals surface area contributed by atoms with E-state index in [-0.39, 0.29) is 0 Å². The Morgan fingerprint density at radius 2 is 2.08 bits per heavy atom. The van der Waals surface area contributed by atoms with E-state index in [9.17, 15) is 0 Å². The molecule has 0 bridgehead atoms. The molecule has 0 unspecified atom stereocenters. The predicted molar refractivity (Wildman–Crippen MR) is 58.0 cm³/mol. The summed E-state index contributed by atoms with van der Waals surface area (Å²) in [7, 11) is 0. The second-order valence-corrected chi connectivity index (χ2v) is 3.96. The highest BCUT2D eigenvalue weighted by atomic mass is 32.1. The van der Waals surface area contributed by atoms with E-state index in [1.807, 2.05) is 18.3 Å². The van der Waals surface area contributed by atoms with Gasteiger partial charge < -0.3 is 0 Å². The van der Waals surface area contributed by atoms with Crippen LogP contribution in [-0.4, -0.2) is 9.97 Å². The average molecular weight is 208 g/mol. The van der Waals surface area contributed by atoms with Gasteiger partial charge in [-0.05, 0) is 12.1 Å². The van der Waals surface area contributed by atoms with Crippen LogP contribution in [0.2, 0.25) is 0 Å². The summed E-state index contributed by atoms with van der Waals surface area (Å²) in [5, 5.41) is 1.03. The first-order chi connectivity index (χ1) is 6.40. The zero-order valence-electron chi connectivity index (χ0n) is 6.84. The summed E-state index contributed by atoms with van der Waals surface area (Å²) < 4.78 is 0. The van der Waals surface area contributed by atoms with Crippen LogP contribution in [0.5, 0.6) is 0 Å². The van der Waals surface area contributed by atoms with E-state index in [4.69, 9.17) is 0 Å². The maximum absolute atomic E-state index is 4.30. The van der Waals surface area contributed by atoms with Crippen molar-refractivity contribution in [1.82, 2.24) is 9.97 Å². The summed E-state index contributed by atoms with van der Waals surface area (Å²) in [5.41, 5.74) is 1.12. The highest BCUT2D eigenvalue weighted by Crippen LogP contribution is 2.24. The molecule has 2 aromatic rings. The molecule has 0 amide bonds. The predicted octanol–water partition coefficient (Wildman–Crippen LogP) is 2.63. The van der Waals surface area contributed by atoms with Crippen LogP contribution in [0, 0.1) is 0 Å². The second kappa shape index (κ2) is 3.89. The Morgan fingerprint density at radius 1 is 1.31 bits per heavy atom. The van der Waals surface area contributed by atoms with Gasteiger partial charge in [0, 0.05) is 34.8 Å². The first-order valence-corrected chi connectivity index (χ1v) is 5.31. The van der Waals surface area contributed by atoms with Gasteiger partial charge in [0.15, 0.2) is 0 Å². The number of nitrogens with zero attached hydrogens (tertiary/aromatic N) is 2. The largest absolute Gasteiger partial charge is 0.265 e. The van der Waals surface area contributed by atoms with Crippen molar-refractivity contribution in [3.63, 3.8) is 0 Å². The zero-order valence-corrected chi connectivity index (χ0v) is 8.55. The minimum Gasteiger partial charge on any atom is -0.265 e. The van der Waals surface area contributed by atoms with Crippen molar-refractivity contribution >= 4 is 24.0 Å². The van der Waals surface area contributed by atoms with Crippen LogP contribution in [-0.2, 0) is 5.75 Å². The molecular weight excluding hydrogens is 200 g/mol. The summed E-state index contributed by atoms with van der Waals surface area (Å²) in [5.74, 6) is 0.753. The molecular formula is C9H8N2S2. The first kappa shape index (κ1) is 8.72. The number of rotatable bonds is 2. The van der Waals surface area contributed by atoms with Gasteiger partial charge in [-0.15, -0.1) is 11.3 Å². The molecule has 0 aliphatic carbocycles. The van der Waals surface area contributed by atoms with E-state index in [0.29, 0.717) is 0 Å². The van der Waals surface area contributed by atoms with Crippen LogP contribution in [0.3, 0.4) is 0 Å². The van der Waals surface area contributed by atoms with Gasteiger partial charge in [-0.3, -0.25) is 4.98 Å². The first-order valence-electron chi connectivity index (χ1n) is 3.86. The van der Waals surface area contributed by atoms with Gasteiger partial charge >= 0.3 is 0 Å². The van der Waals surface area contributed by atoms with Crippen molar-refractivity contribution in [3.8, 4) is 10.6 Å². The van der Waals surface area contributed by atoms with Crippen molar-refractivity contribution in [1.29, 1.82) is 0 Å². The molecule has 0 saturated heterocycles. The second-order valence-electron chi connectivity index (χ2n) is 2.53. The molecule has 0 aromatic carbocycles. The van der Waals surface area contributed by atoms with E-state index >= 15 is 0 Å². The Balaban J connectivity index is 2.36. The third-order valence-corrected chi connectivity index (χ3v) is 3.24. The number of thiol groups is 1. The molecule has 0 spiro atoms. The minimum absolute atomic E-state index is 0.753. The Hall–Kier alpha value is -0.870. The fourth-order valence-corrected chi connectivity index (χ4v) is 2.06. The van der Waals surface area contributed by atoms with Gasteiger partial charge in [0.2, 0.25) is 0 Å². The van der Waals surface area contributed by atoms with Crippen molar-refractivity contribution in [2.45, 2.75) is 5.75 Å². The molecule has 0 aliphatic heterocycles.